The van der Waals surface area contributed by atoms with Gasteiger partial charge in [-0.2, -0.15) is 5.26 Å². The fraction of sp³-hybridized carbons (Fsp3) is 0.231. The first-order valence-electron chi connectivity index (χ1n) is 5.68. The van der Waals surface area contributed by atoms with Crippen LogP contribution < -0.4 is 5.32 Å². The van der Waals surface area contributed by atoms with Crippen LogP contribution in [0.3, 0.4) is 0 Å². The summed E-state index contributed by atoms with van der Waals surface area (Å²) >= 11 is 0. The predicted octanol–water partition coefficient (Wildman–Crippen LogP) is 2.21. The van der Waals surface area contributed by atoms with Crippen LogP contribution in [0, 0.1) is 25.2 Å². The van der Waals surface area contributed by atoms with Crippen molar-refractivity contribution in [3.63, 3.8) is 0 Å². The molecule has 0 aliphatic heterocycles. The van der Waals surface area contributed by atoms with E-state index in [1.54, 1.807) is 19.1 Å². The van der Waals surface area contributed by atoms with Crippen LogP contribution in [0.1, 0.15) is 17.9 Å². The molecule has 0 aliphatic rings. The molecule has 0 aliphatic carbocycles. The molecule has 0 saturated carbocycles. The third kappa shape index (κ3) is 2.96. The lowest BCUT2D eigenvalue weighted by Crippen LogP contribution is -2.11. The number of anilines is 1. The van der Waals surface area contributed by atoms with Gasteiger partial charge in [-0.25, -0.2) is 0 Å². The number of carbonyl (C=O) groups is 1. The van der Waals surface area contributed by atoms with Crippen LogP contribution in [0.2, 0.25) is 0 Å². The minimum atomic E-state index is -0.343. The molecule has 96 valence electrons. The van der Waals surface area contributed by atoms with E-state index in [9.17, 15) is 4.79 Å². The summed E-state index contributed by atoms with van der Waals surface area (Å²) in [7, 11) is 0. The molecule has 1 aromatic carbocycles. The molecule has 0 unspecified atom stereocenters. The van der Waals surface area contributed by atoms with E-state index < -0.39 is 0 Å². The zero-order valence-corrected chi connectivity index (χ0v) is 10.6. The summed E-state index contributed by atoms with van der Waals surface area (Å²) in [5.74, 6) is 0.531. The molecule has 2 rings (SSSR count). The first-order chi connectivity index (χ1) is 9.10. The molecular formula is C13H12N4O2. The largest absolute Gasteiger partial charge is 0.421 e. The number of aromatic nitrogens is 2. The van der Waals surface area contributed by atoms with Crippen LogP contribution in [0.5, 0.6) is 0 Å². The molecule has 1 heterocycles. The summed E-state index contributed by atoms with van der Waals surface area (Å²) in [5, 5.41) is 18.8. The fourth-order valence-electron chi connectivity index (χ4n) is 1.57. The second-order valence-electron chi connectivity index (χ2n) is 4.04. The molecule has 1 N–H and O–H groups in total. The van der Waals surface area contributed by atoms with Crippen LogP contribution in [0.15, 0.2) is 22.6 Å². The van der Waals surface area contributed by atoms with Gasteiger partial charge in [0.25, 0.3) is 0 Å². The number of nitrogens with zero attached hydrogens (tertiary/aromatic N) is 3. The van der Waals surface area contributed by atoms with Gasteiger partial charge in [0.1, 0.15) is 6.42 Å². The van der Waals surface area contributed by atoms with Gasteiger partial charge in [-0.1, -0.05) is 6.07 Å². The normalized spacial score (nSPS) is 9.95. The standard InChI is InChI=1S/C13H12N4O2/c1-8-3-4-10(13-17-16-9(2)19-13)7-11(8)15-12(18)5-6-14/h3-4,7H,5H2,1-2H3,(H,15,18). The van der Waals surface area contributed by atoms with Gasteiger partial charge in [0.05, 0.1) is 6.07 Å². The smallest absolute Gasteiger partial charge is 0.247 e. The Balaban J connectivity index is 2.30. The monoisotopic (exact) mass is 256 g/mol. The minimum Gasteiger partial charge on any atom is -0.421 e. The van der Waals surface area contributed by atoms with Crippen molar-refractivity contribution in [2.24, 2.45) is 0 Å². The molecule has 6 heteroatoms. The summed E-state index contributed by atoms with van der Waals surface area (Å²) in [4.78, 5) is 11.4. The highest BCUT2D eigenvalue weighted by atomic mass is 16.4. The first-order valence-corrected chi connectivity index (χ1v) is 5.68. The molecule has 0 spiro atoms. The Hall–Kier alpha value is -2.68. The predicted molar refractivity (Wildman–Crippen MR) is 68.1 cm³/mol. The summed E-state index contributed by atoms with van der Waals surface area (Å²) < 4.78 is 5.33. The number of carbonyl (C=O) groups excluding carboxylic acids is 1. The van der Waals surface area contributed by atoms with Crippen molar-refractivity contribution in [3.05, 3.63) is 29.7 Å². The molecule has 6 nitrogen and oxygen atoms in total. The average molecular weight is 256 g/mol. The van der Waals surface area contributed by atoms with Gasteiger partial charge in [0.15, 0.2) is 0 Å². The SMILES string of the molecule is Cc1nnc(-c2ccc(C)c(NC(=O)CC#N)c2)o1. The fourth-order valence-corrected chi connectivity index (χ4v) is 1.57. The van der Waals surface area contributed by atoms with Crippen LogP contribution in [-0.2, 0) is 4.79 Å². The highest BCUT2D eigenvalue weighted by Gasteiger charge is 2.10. The molecule has 19 heavy (non-hydrogen) atoms. The van der Waals surface area contributed by atoms with Gasteiger partial charge in [-0.05, 0) is 24.6 Å². The summed E-state index contributed by atoms with van der Waals surface area (Å²) in [6.07, 6.45) is -0.177. The van der Waals surface area contributed by atoms with Crippen molar-refractivity contribution in [2.45, 2.75) is 20.3 Å². The third-order valence-electron chi connectivity index (χ3n) is 2.52. The molecule has 0 atom stereocenters. The van der Waals surface area contributed by atoms with E-state index in [0.717, 1.165) is 11.1 Å². The van der Waals surface area contributed by atoms with Gasteiger partial charge >= 0.3 is 0 Å². The summed E-state index contributed by atoms with van der Waals surface area (Å²) in [6, 6.07) is 7.23. The van der Waals surface area contributed by atoms with E-state index in [-0.39, 0.29) is 12.3 Å². The molecule has 1 aromatic heterocycles. The van der Waals surface area contributed by atoms with Crippen LogP contribution in [-0.4, -0.2) is 16.1 Å². The molecule has 2 aromatic rings. The maximum absolute atomic E-state index is 11.4. The highest BCUT2D eigenvalue weighted by Crippen LogP contribution is 2.24. The Bertz CT molecular complexity index is 655. The van der Waals surface area contributed by atoms with Crippen LogP contribution >= 0.6 is 0 Å². The van der Waals surface area contributed by atoms with E-state index in [4.69, 9.17) is 9.68 Å². The zero-order valence-electron chi connectivity index (χ0n) is 10.6. The lowest BCUT2D eigenvalue weighted by atomic mass is 10.1. The van der Waals surface area contributed by atoms with Gasteiger partial charge in [-0.3, -0.25) is 4.79 Å². The summed E-state index contributed by atoms with van der Waals surface area (Å²) in [6.45, 7) is 3.57. The third-order valence-corrected chi connectivity index (χ3v) is 2.52. The van der Waals surface area contributed by atoms with Crippen LogP contribution in [0.4, 0.5) is 5.69 Å². The number of amides is 1. The molecule has 0 fully saturated rings. The Morgan fingerprint density at radius 1 is 1.42 bits per heavy atom. The van der Waals surface area contributed by atoms with Crippen molar-refractivity contribution < 1.29 is 9.21 Å². The van der Waals surface area contributed by atoms with Crippen LogP contribution in [0.25, 0.3) is 11.5 Å². The Kier molecular flexibility index (Phi) is 3.57. The van der Waals surface area contributed by atoms with Gasteiger partial charge in [0.2, 0.25) is 17.7 Å². The number of hydrogen-bond donors (Lipinski definition) is 1. The topological polar surface area (TPSA) is 91.8 Å². The van der Waals surface area contributed by atoms with E-state index in [0.29, 0.717) is 17.5 Å². The van der Waals surface area contributed by atoms with Crippen molar-refractivity contribution in [1.82, 2.24) is 10.2 Å². The van der Waals surface area contributed by atoms with E-state index in [2.05, 4.69) is 15.5 Å². The zero-order chi connectivity index (χ0) is 13.8. The number of nitrogens with one attached hydrogen (secondary N) is 1. The van der Waals surface area contributed by atoms with Crippen molar-refractivity contribution >= 4 is 11.6 Å². The number of rotatable bonds is 3. The second-order valence-corrected chi connectivity index (χ2v) is 4.04. The van der Waals surface area contributed by atoms with Gasteiger partial charge in [-0.15, -0.1) is 10.2 Å². The number of aryl methyl sites for hydroxylation is 2. The van der Waals surface area contributed by atoms with E-state index in [1.165, 1.54) is 0 Å². The molecule has 1 amide bonds. The maximum Gasteiger partial charge on any atom is 0.247 e. The molecular weight excluding hydrogens is 244 g/mol. The van der Waals surface area contributed by atoms with Gasteiger partial charge < -0.3 is 9.73 Å². The quantitative estimate of drug-likeness (QED) is 0.908. The van der Waals surface area contributed by atoms with E-state index in [1.807, 2.05) is 19.1 Å². The maximum atomic E-state index is 11.4. The lowest BCUT2D eigenvalue weighted by molar-refractivity contribution is -0.115. The molecule has 0 radical (unpaired) electrons. The molecule has 0 bridgehead atoms. The van der Waals surface area contributed by atoms with Crippen molar-refractivity contribution in [3.8, 4) is 17.5 Å². The Labute approximate surface area is 110 Å². The van der Waals surface area contributed by atoms with Crippen molar-refractivity contribution in [1.29, 1.82) is 5.26 Å². The number of nitriles is 1. The second kappa shape index (κ2) is 5.31. The average Bonchev–Trinajstić information content (AvgIpc) is 2.79. The lowest BCUT2D eigenvalue weighted by Gasteiger charge is -2.07. The number of benzene rings is 1. The number of hydrogen-bond acceptors (Lipinski definition) is 5. The Morgan fingerprint density at radius 3 is 2.84 bits per heavy atom. The van der Waals surface area contributed by atoms with E-state index >= 15 is 0 Å². The molecule has 0 saturated heterocycles. The Morgan fingerprint density at radius 2 is 2.21 bits per heavy atom. The summed E-state index contributed by atoms with van der Waals surface area (Å²) in [5.41, 5.74) is 2.25. The highest BCUT2D eigenvalue weighted by molar-refractivity contribution is 5.93. The first kappa shape index (κ1) is 12.8. The minimum absolute atomic E-state index is 0.177. The van der Waals surface area contributed by atoms with Gasteiger partial charge in [0, 0.05) is 18.2 Å². The van der Waals surface area contributed by atoms with Crippen molar-refractivity contribution in [2.75, 3.05) is 5.32 Å².